The van der Waals surface area contributed by atoms with Crippen molar-refractivity contribution in [2.75, 3.05) is 31.1 Å². The summed E-state index contributed by atoms with van der Waals surface area (Å²) in [7, 11) is 0. The molecule has 9 nitrogen and oxygen atoms in total. The number of anilines is 1. The highest BCUT2D eigenvalue weighted by Crippen LogP contribution is 2.17. The molecule has 0 radical (unpaired) electrons. The summed E-state index contributed by atoms with van der Waals surface area (Å²) in [6.45, 7) is 6.60. The van der Waals surface area contributed by atoms with E-state index in [0.29, 0.717) is 31.6 Å². The van der Waals surface area contributed by atoms with E-state index in [-0.39, 0.29) is 17.9 Å². The predicted molar refractivity (Wildman–Crippen MR) is 117 cm³/mol. The maximum Gasteiger partial charge on any atom is 0.227 e. The summed E-state index contributed by atoms with van der Waals surface area (Å²) in [6.07, 6.45) is 2.43. The van der Waals surface area contributed by atoms with Crippen LogP contribution < -0.4 is 10.2 Å². The topological polar surface area (TPSA) is 95.7 Å². The minimum atomic E-state index is -0.0452. The molecule has 3 heterocycles. The van der Waals surface area contributed by atoms with Crippen molar-refractivity contribution in [3.8, 4) is 0 Å². The monoisotopic (exact) mass is 421 g/mol. The Balaban J connectivity index is 1.30. The number of piperazine rings is 1. The van der Waals surface area contributed by atoms with Crippen molar-refractivity contribution in [1.29, 1.82) is 0 Å². The Labute approximate surface area is 181 Å². The third-order valence-corrected chi connectivity index (χ3v) is 5.64. The van der Waals surface area contributed by atoms with E-state index in [4.69, 9.17) is 0 Å². The fourth-order valence-corrected chi connectivity index (χ4v) is 3.71. The summed E-state index contributed by atoms with van der Waals surface area (Å²) >= 11 is 0. The van der Waals surface area contributed by atoms with E-state index in [2.05, 4.69) is 25.5 Å². The zero-order chi connectivity index (χ0) is 21.8. The summed E-state index contributed by atoms with van der Waals surface area (Å²) in [5.41, 5.74) is 2.72. The van der Waals surface area contributed by atoms with Crippen molar-refractivity contribution in [3.05, 3.63) is 53.9 Å². The summed E-state index contributed by atoms with van der Waals surface area (Å²) in [4.78, 5) is 28.4. The summed E-state index contributed by atoms with van der Waals surface area (Å²) in [5, 5.41) is 15.3. The van der Waals surface area contributed by atoms with Crippen LogP contribution in [0.2, 0.25) is 0 Å². The highest BCUT2D eigenvalue weighted by atomic mass is 16.2. The van der Waals surface area contributed by atoms with Crippen LogP contribution in [0.1, 0.15) is 37.4 Å². The molecule has 9 heteroatoms. The van der Waals surface area contributed by atoms with Gasteiger partial charge in [0, 0.05) is 32.6 Å². The second-order valence-electron chi connectivity index (χ2n) is 7.75. The third kappa shape index (κ3) is 4.82. The molecule has 1 aliphatic heterocycles. The summed E-state index contributed by atoms with van der Waals surface area (Å²) < 4.78 is 1.66. The van der Waals surface area contributed by atoms with E-state index in [1.165, 1.54) is 0 Å². The standard InChI is InChI=1S/C22H27N7O2/c1-3-21(30)24-16(2)18-6-4-17(5-7-18)14-22(31)28-12-10-27(11-13-28)20-9-8-19-25-23-15-29(19)26-20/h4-9,15-16H,3,10-14H2,1-2H3,(H,24,30). The third-order valence-electron chi connectivity index (χ3n) is 5.64. The molecule has 0 saturated carbocycles. The van der Waals surface area contributed by atoms with Crippen LogP contribution in [0.4, 0.5) is 5.82 Å². The van der Waals surface area contributed by atoms with Crippen molar-refractivity contribution in [2.45, 2.75) is 32.7 Å². The van der Waals surface area contributed by atoms with Crippen LogP contribution in [0, 0.1) is 0 Å². The van der Waals surface area contributed by atoms with Crippen LogP contribution in [-0.2, 0) is 16.0 Å². The van der Waals surface area contributed by atoms with Crippen LogP contribution in [-0.4, -0.2) is 62.7 Å². The number of fused-ring (bicyclic) bond motifs is 1. The molecule has 31 heavy (non-hydrogen) atoms. The van der Waals surface area contributed by atoms with Crippen molar-refractivity contribution in [2.24, 2.45) is 0 Å². The number of rotatable bonds is 6. The van der Waals surface area contributed by atoms with Gasteiger partial charge in [0.1, 0.15) is 12.1 Å². The van der Waals surface area contributed by atoms with Crippen LogP contribution in [0.15, 0.2) is 42.7 Å². The molecule has 1 unspecified atom stereocenters. The second kappa shape index (κ2) is 9.11. The van der Waals surface area contributed by atoms with Crippen molar-refractivity contribution >= 4 is 23.3 Å². The molecule has 0 spiro atoms. The van der Waals surface area contributed by atoms with Crippen molar-refractivity contribution in [1.82, 2.24) is 30.0 Å². The largest absolute Gasteiger partial charge is 0.352 e. The Morgan fingerprint density at radius 3 is 2.52 bits per heavy atom. The number of nitrogens with zero attached hydrogens (tertiary/aromatic N) is 6. The number of amides is 2. The highest BCUT2D eigenvalue weighted by Gasteiger charge is 2.22. The van der Waals surface area contributed by atoms with E-state index in [0.717, 1.165) is 30.0 Å². The van der Waals surface area contributed by atoms with Gasteiger partial charge in [-0.2, -0.15) is 4.52 Å². The number of hydrogen-bond donors (Lipinski definition) is 1. The van der Waals surface area contributed by atoms with Gasteiger partial charge in [-0.3, -0.25) is 9.59 Å². The van der Waals surface area contributed by atoms with E-state index in [9.17, 15) is 9.59 Å². The molecule has 4 rings (SSSR count). The number of hydrogen-bond acceptors (Lipinski definition) is 6. The normalized spacial score (nSPS) is 15.2. The maximum absolute atomic E-state index is 12.8. The Morgan fingerprint density at radius 2 is 1.81 bits per heavy atom. The molecular formula is C22H27N7O2. The van der Waals surface area contributed by atoms with Gasteiger partial charge in [0.15, 0.2) is 5.65 Å². The fraction of sp³-hybridized carbons (Fsp3) is 0.409. The number of carbonyl (C=O) groups is 2. The average Bonchev–Trinajstić information content (AvgIpc) is 3.27. The average molecular weight is 422 g/mol. The minimum Gasteiger partial charge on any atom is -0.352 e. The SMILES string of the molecule is CCC(=O)NC(C)c1ccc(CC(=O)N2CCN(c3ccc4nncn4n3)CC2)cc1. The van der Waals surface area contributed by atoms with Crippen molar-refractivity contribution < 1.29 is 9.59 Å². The van der Waals surface area contributed by atoms with Gasteiger partial charge >= 0.3 is 0 Å². The van der Waals surface area contributed by atoms with Gasteiger partial charge in [0.05, 0.1) is 12.5 Å². The van der Waals surface area contributed by atoms with Gasteiger partial charge < -0.3 is 15.1 Å². The molecule has 0 aliphatic carbocycles. The number of carbonyl (C=O) groups excluding carboxylic acids is 2. The van der Waals surface area contributed by atoms with E-state index in [1.807, 2.05) is 55.1 Å². The summed E-state index contributed by atoms with van der Waals surface area (Å²) in [5.74, 6) is 1.02. The lowest BCUT2D eigenvalue weighted by atomic mass is 10.0. The Hall–Kier alpha value is -3.49. The second-order valence-corrected chi connectivity index (χ2v) is 7.75. The molecule has 1 N–H and O–H groups in total. The van der Waals surface area contributed by atoms with Crippen LogP contribution >= 0.6 is 0 Å². The van der Waals surface area contributed by atoms with Gasteiger partial charge in [0.25, 0.3) is 0 Å². The first-order valence-corrected chi connectivity index (χ1v) is 10.6. The van der Waals surface area contributed by atoms with Gasteiger partial charge in [-0.15, -0.1) is 15.3 Å². The summed E-state index contributed by atoms with van der Waals surface area (Å²) in [6, 6.07) is 11.7. The first kappa shape index (κ1) is 20.8. The van der Waals surface area contributed by atoms with Crippen LogP contribution in [0.25, 0.3) is 5.65 Å². The predicted octanol–water partition coefficient (Wildman–Crippen LogP) is 1.60. The fourth-order valence-electron chi connectivity index (χ4n) is 3.71. The molecule has 162 valence electrons. The lowest BCUT2D eigenvalue weighted by Gasteiger charge is -2.35. The minimum absolute atomic E-state index is 0.0303. The molecule has 2 amide bonds. The molecule has 1 saturated heterocycles. The van der Waals surface area contributed by atoms with Crippen LogP contribution in [0.5, 0.6) is 0 Å². The first-order chi connectivity index (χ1) is 15.0. The molecule has 1 atom stereocenters. The first-order valence-electron chi connectivity index (χ1n) is 10.6. The van der Waals surface area contributed by atoms with Gasteiger partial charge in [-0.1, -0.05) is 31.2 Å². The molecule has 1 aliphatic rings. The Morgan fingerprint density at radius 1 is 1.06 bits per heavy atom. The lowest BCUT2D eigenvalue weighted by molar-refractivity contribution is -0.130. The molecule has 2 aromatic heterocycles. The van der Waals surface area contributed by atoms with Gasteiger partial charge in [0.2, 0.25) is 11.8 Å². The molecule has 1 aromatic carbocycles. The highest BCUT2D eigenvalue weighted by molar-refractivity contribution is 5.79. The Kier molecular flexibility index (Phi) is 6.11. The number of benzene rings is 1. The maximum atomic E-state index is 12.8. The van der Waals surface area contributed by atoms with Gasteiger partial charge in [-0.05, 0) is 30.2 Å². The Bertz CT molecular complexity index is 1060. The quantitative estimate of drug-likeness (QED) is 0.650. The molecular weight excluding hydrogens is 394 g/mol. The van der Waals surface area contributed by atoms with E-state index in [1.54, 1.807) is 10.8 Å². The molecule has 1 fully saturated rings. The van der Waals surface area contributed by atoms with Crippen molar-refractivity contribution in [3.63, 3.8) is 0 Å². The molecule has 0 bridgehead atoms. The number of aromatic nitrogens is 4. The van der Waals surface area contributed by atoms with Crippen LogP contribution in [0.3, 0.4) is 0 Å². The zero-order valence-electron chi connectivity index (χ0n) is 17.9. The lowest BCUT2D eigenvalue weighted by Crippen LogP contribution is -2.49. The zero-order valence-corrected chi connectivity index (χ0v) is 17.9. The molecule has 3 aromatic rings. The van der Waals surface area contributed by atoms with Gasteiger partial charge in [-0.25, -0.2) is 0 Å². The number of nitrogens with one attached hydrogen (secondary N) is 1. The van der Waals surface area contributed by atoms with E-state index >= 15 is 0 Å². The smallest absolute Gasteiger partial charge is 0.227 e. The van der Waals surface area contributed by atoms with E-state index < -0.39 is 0 Å².